The smallest absolute Gasteiger partial charge is 0.298 e. The van der Waals surface area contributed by atoms with Crippen molar-refractivity contribution in [3.05, 3.63) is 74.3 Å². The molecule has 0 fully saturated rings. The lowest BCUT2D eigenvalue weighted by atomic mass is 9.90. The van der Waals surface area contributed by atoms with Crippen molar-refractivity contribution in [1.82, 2.24) is 0 Å². The largest absolute Gasteiger partial charge is 0.399 e. The number of hydrogen-bond acceptors (Lipinski definition) is 2. The zero-order chi connectivity index (χ0) is 22.9. The molecule has 30 heavy (non-hydrogen) atoms. The van der Waals surface area contributed by atoms with E-state index in [1.165, 1.54) is 45.0 Å². The molecule has 0 aliphatic carbocycles. The predicted octanol–water partition coefficient (Wildman–Crippen LogP) is 7.57. The van der Waals surface area contributed by atoms with Crippen LogP contribution in [-0.2, 0) is 5.67 Å². The molecule has 1 atom stereocenters. The Labute approximate surface area is 181 Å². The summed E-state index contributed by atoms with van der Waals surface area (Å²) in [6.45, 7) is 3.81. The van der Waals surface area contributed by atoms with Crippen LogP contribution in [0.4, 0.5) is 17.6 Å². The van der Waals surface area contributed by atoms with Crippen molar-refractivity contribution in [2.24, 2.45) is 0 Å². The van der Waals surface area contributed by atoms with Gasteiger partial charge in [-0.1, -0.05) is 47.5 Å². The number of aldehydes is 1. The van der Waals surface area contributed by atoms with Crippen LogP contribution in [-0.4, -0.2) is 18.2 Å². The van der Waals surface area contributed by atoms with E-state index in [4.69, 9.17) is 23.2 Å². The van der Waals surface area contributed by atoms with Gasteiger partial charge in [0.1, 0.15) is 5.67 Å². The maximum absolute atomic E-state index is 14.5. The molecule has 0 aromatic heterocycles. The number of Topliss-reactive ketones (excluding diaryl/α,β-unsaturated/α-hetero) is 1. The van der Waals surface area contributed by atoms with Crippen molar-refractivity contribution in [3.63, 3.8) is 0 Å². The van der Waals surface area contributed by atoms with Crippen molar-refractivity contribution in [3.8, 4) is 0 Å². The van der Waals surface area contributed by atoms with Crippen LogP contribution in [0.25, 0.3) is 6.08 Å². The summed E-state index contributed by atoms with van der Waals surface area (Å²) in [5.41, 5.74) is -1.76. The number of carbonyl (C=O) groups excluding carboxylic acids is 2. The zero-order valence-corrected chi connectivity index (χ0v) is 17.8. The summed E-state index contributed by atoms with van der Waals surface area (Å²) in [6.07, 6.45) is -2.30. The predicted molar refractivity (Wildman–Crippen MR) is 110 cm³/mol. The number of hydrogen-bond donors (Lipinski definition) is 0. The first-order chi connectivity index (χ1) is 13.8. The van der Waals surface area contributed by atoms with E-state index in [2.05, 4.69) is 0 Å². The first-order valence-corrected chi connectivity index (χ1v) is 9.54. The SMILES string of the molecule is CC(=O)c1ccc(/C=C/C(c2cc(Cl)c(Cl)c(C=O)c2)C(F)(F)F)cc1C(C)(C)F. The third-order valence-corrected chi connectivity index (χ3v) is 5.28. The average Bonchev–Trinajstić information content (AvgIpc) is 2.62. The molecule has 0 bridgehead atoms. The molecule has 160 valence electrons. The Bertz CT molecular complexity index is 1010. The van der Waals surface area contributed by atoms with Crippen LogP contribution in [0.5, 0.6) is 0 Å². The third-order valence-electron chi connectivity index (χ3n) is 4.46. The van der Waals surface area contributed by atoms with Crippen molar-refractivity contribution >= 4 is 41.3 Å². The molecular formula is C22H18Cl2F4O2. The van der Waals surface area contributed by atoms with Crippen molar-refractivity contribution in [1.29, 1.82) is 0 Å². The molecule has 0 heterocycles. The third kappa shape index (κ3) is 5.49. The molecule has 0 spiro atoms. The summed E-state index contributed by atoms with van der Waals surface area (Å²) >= 11 is 11.7. The maximum Gasteiger partial charge on any atom is 0.399 e. The summed E-state index contributed by atoms with van der Waals surface area (Å²) in [4.78, 5) is 22.8. The molecule has 2 aromatic rings. The van der Waals surface area contributed by atoms with Crippen LogP contribution < -0.4 is 0 Å². The molecular weight excluding hydrogens is 443 g/mol. The Hall–Kier alpha value is -2.18. The lowest BCUT2D eigenvalue weighted by Crippen LogP contribution is -2.19. The summed E-state index contributed by atoms with van der Waals surface area (Å²) < 4.78 is 55.6. The highest BCUT2D eigenvalue weighted by Gasteiger charge is 2.39. The Kier molecular flexibility index (Phi) is 7.15. The molecule has 0 aliphatic heterocycles. The average molecular weight is 461 g/mol. The van der Waals surface area contributed by atoms with Gasteiger partial charge < -0.3 is 0 Å². The van der Waals surface area contributed by atoms with Crippen molar-refractivity contribution in [2.75, 3.05) is 0 Å². The first-order valence-electron chi connectivity index (χ1n) is 8.79. The molecule has 0 N–H and O–H groups in total. The van der Waals surface area contributed by atoms with Crippen LogP contribution in [0.3, 0.4) is 0 Å². The molecule has 2 rings (SSSR count). The minimum atomic E-state index is -4.69. The van der Waals surface area contributed by atoms with Gasteiger partial charge in [0.15, 0.2) is 12.1 Å². The zero-order valence-electron chi connectivity index (χ0n) is 16.3. The number of halogens is 6. The van der Waals surface area contributed by atoms with Gasteiger partial charge in [0.05, 0.1) is 16.0 Å². The molecule has 0 radical (unpaired) electrons. The lowest BCUT2D eigenvalue weighted by molar-refractivity contribution is -0.139. The molecule has 2 aromatic carbocycles. The minimum absolute atomic E-state index is 0.0819. The number of benzene rings is 2. The van der Waals surface area contributed by atoms with Gasteiger partial charge in [-0.3, -0.25) is 9.59 Å². The second-order valence-corrected chi connectivity index (χ2v) is 8.02. The molecule has 0 amide bonds. The molecule has 0 saturated carbocycles. The van der Waals surface area contributed by atoms with Gasteiger partial charge in [-0.2, -0.15) is 13.2 Å². The first kappa shape index (κ1) is 24.1. The number of ketones is 1. The topological polar surface area (TPSA) is 34.1 Å². The standard InChI is InChI=1S/C22H18Cl2F4O2/c1-12(30)16-6-4-13(8-18(16)21(2,3)25)5-7-17(22(26,27)28)14-9-15(11-29)20(24)19(23)10-14/h4-11,17H,1-3H3/b7-5+. The van der Waals surface area contributed by atoms with E-state index in [-0.39, 0.29) is 43.6 Å². The van der Waals surface area contributed by atoms with E-state index < -0.39 is 17.8 Å². The normalized spacial score (nSPS) is 13.5. The van der Waals surface area contributed by atoms with E-state index >= 15 is 0 Å². The number of carbonyl (C=O) groups is 2. The van der Waals surface area contributed by atoms with Crippen LogP contribution in [0.2, 0.25) is 10.0 Å². The van der Waals surface area contributed by atoms with Crippen LogP contribution >= 0.6 is 23.2 Å². The summed E-state index contributed by atoms with van der Waals surface area (Å²) in [6, 6.07) is 6.23. The summed E-state index contributed by atoms with van der Waals surface area (Å²) in [5, 5.41) is -0.304. The number of allylic oxidation sites excluding steroid dienone is 1. The molecule has 8 heteroatoms. The van der Waals surface area contributed by atoms with Gasteiger partial charge in [-0.25, -0.2) is 4.39 Å². The maximum atomic E-state index is 14.5. The molecule has 0 aliphatic rings. The van der Waals surface area contributed by atoms with Crippen molar-refractivity contribution in [2.45, 2.75) is 38.5 Å². The van der Waals surface area contributed by atoms with Gasteiger partial charge in [0.2, 0.25) is 0 Å². The van der Waals surface area contributed by atoms with Crippen LogP contribution in [0, 0.1) is 0 Å². The Morgan fingerprint density at radius 2 is 1.70 bits per heavy atom. The molecule has 1 unspecified atom stereocenters. The van der Waals surface area contributed by atoms with Gasteiger partial charge in [0, 0.05) is 11.1 Å². The quantitative estimate of drug-likeness (QED) is 0.253. The fourth-order valence-electron chi connectivity index (χ4n) is 2.98. The van der Waals surface area contributed by atoms with E-state index in [1.54, 1.807) is 0 Å². The molecule has 0 saturated heterocycles. The minimum Gasteiger partial charge on any atom is -0.298 e. The van der Waals surface area contributed by atoms with Gasteiger partial charge in [-0.15, -0.1) is 0 Å². The molecule has 2 nitrogen and oxygen atoms in total. The summed E-state index contributed by atoms with van der Waals surface area (Å²) in [5.74, 6) is -2.43. The second kappa shape index (κ2) is 8.90. The van der Waals surface area contributed by atoms with Gasteiger partial charge in [0.25, 0.3) is 0 Å². The Morgan fingerprint density at radius 3 is 2.20 bits per heavy atom. The lowest BCUT2D eigenvalue weighted by Gasteiger charge is -2.20. The fraction of sp³-hybridized carbons (Fsp3) is 0.273. The Balaban J connectivity index is 2.55. The van der Waals surface area contributed by atoms with E-state index in [1.807, 2.05) is 0 Å². The van der Waals surface area contributed by atoms with E-state index in [0.717, 1.165) is 18.2 Å². The monoisotopic (exact) mass is 460 g/mol. The highest BCUT2D eigenvalue weighted by molar-refractivity contribution is 6.43. The number of alkyl halides is 4. The van der Waals surface area contributed by atoms with Crippen molar-refractivity contribution < 1.29 is 27.2 Å². The van der Waals surface area contributed by atoms with Crippen LogP contribution in [0.15, 0.2) is 36.4 Å². The van der Waals surface area contributed by atoms with Crippen LogP contribution in [0.1, 0.15) is 64.1 Å². The van der Waals surface area contributed by atoms with E-state index in [9.17, 15) is 27.2 Å². The highest BCUT2D eigenvalue weighted by Crippen LogP contribution is 2.40. The fourth-order valence-corrected chi connectivity index (χ4v) is 3.37. The highest BCUT2D eigenvalue weighted by atomic mass is 35.5. The summed E-state index contributed by atoms with van der Waals surface area (Å²) in [7, 11) is 0. The van der Waals surface area contributed by atoms with E-state index in [0.29, 0.717) is 6.29 Å². The van der Waals surface area contributed by atoms with Gasteiger partial charge in [-0.05, 0) is 55.7 Å². The number of rotatable bonds is 6. The Morgan fingerprint density at radius 1 is 1.07 bits per heavy atom. The second-order valence-electron chi connectivity index (χ2n) is 7.24. The van der Waals surface area contributed by atoms with Gasteiger partial charge >= 0.3 is 6.18 Å².